The number of amides is 1. The van der Waals surface area contributed by atoms with Gasteiger partial charge in [0, 0.05) is 26.2 Å². The minimum atomic E-state index is -0.469. The third kappa shape index (κ3) is 3.99. The molecule has 0 bridgehead atoms. The molecule has 0 atom stereocenters. The molecule has 1 fully saturated rings. The normalized spacial score (nSPS) is 15.8. The highest BCUT2D eigenvalue weighted by molar-refractivity contribution is 5.69. The van der Waals surface area contributed by atoms with Crippen molar-refractivity contribution < 1.29 is 9.53 Å². The lowest BCUT2D eigenvalue weighted by Crippen LogP contribution is -2.50. The van der Waals surface area contributed by atoms with Gasteiger partial charge >= 0.3 is 6.09 Å². The molecule has 1 aliphatic heterocycles. The van der Waals surface area contributed by atoms with Crippen molar-refractivity contribution in [2.75, 3.05) is 36.8 Å². The third-order valence-corrected chi connectivity index (χ3v) is 3.49. The van der Waals surface area contributed by atoms with E-state index in [1.165, 1.54) is 0 Å². The molecule has 2 N–H and O–H groups in total. The zero-order valence-electron chi connectivity index (χ0n) is 13.8. The molecule has 2 heterocycles. The van der Waals surface area contributed by atoms with Crippen LogP contribution in [0.25, 0.3) is 0 Å². The first-order valence-corrected chi connectivity index (χ1v) is 7.65. The molecule has 0 unspecified atom stereocenters. The Morgan fingerprint density at radius 3 is 2.45 bits per heavy atom. The number of hydrogen-bond donors (Lipinski definition) is 1. The van der Waals surface area contributed by atoms with Crippen LogP contribution in [-0.2, 0) is 11.2 Å². The Labute approximate surface area is 131 Å². The molecule has 1 aromatic heterocycles. The molecule has 0 aliphatic carbocycles. The van der Waals surface area contributed by atoms with E-state index < -0.39 is 5.60 Å². The molecule has 7 nitrogen and oxygen atoms in total. The summed E-state index contributed by atoms with van der Waals surface area (Å²) in [6.45, 7) is 10.3. The lowest BCUT2D eigenvalue weighted by molar-refractivity contribution is 0.0240. The minimum absolute atomic E-state index is 0.262. The topological polar surface area (TPSA) is 84.6 Å². The van der Waals surface area contributed by atoms with Crippen molar-refractivity contribution in [2.24, 2.45) is 0 Å². The number of nitrogens with zero attached hydrogens (tertiary/aromatic N) is 4. The average molecular weight is 307 g/mol. The first-order chi connectivity index (χ1) is 10.3. The minimum Gasteiger partial charge on any atom is -0.444 e. The molecule has 0 radical (unpaired) electrons. The fraction of sp³-hybridized carbons (Fsp3) is 0.667. The van der Waals surface area contributed by atoms with Crippen molar-refractivity contribution in [3.8, 4) is 0 Å². The number of rotatable bonds is 2. The number of ether oxygens (including phenoxy) is 1. The molecule has 1 aromatic rings. The Kier molecular flexibility index (Phi) is 4.73. The van der Waals surface area contributed by atoms with E-state index in [-0.39, 0.29) is 6.09 Å². The van der Waals surface area contributed by atoms with Crippen LogP contribution in [0.2, 0.25) is 0 Å². The van der Waals surface area contributed by atoms with E-state index in [0.29, 0.717) is 32.0 Å². The average Bonchev–Trinajstić information content (AvgIpc) is 2.46. The van der Waals surface area contributed by atoms with Gasteiger partial charge in [-0.15, -0.1) is 5.10 Å². The maximum Gasteiger partial charge on any atom is 0.410 e. The van der Waals surface area contributed by atoms with Gasteiger partial charge in [-0.25, -0.2) is 4.79 Å². The van der Waals surface area contributed by atoms with Crippen LogP contribution in [0.4, 0.5) is 16.3 Å². The van der Waals surface area contributed by atoms with Gasteiger partial charge in [0.25, 0.3) is 0 Å². The Balaban J connectivity index is 1.99. The van der Waals surface area contributed by atoms with E-state index >= 15 is 0 Å². The van der Waals surface area contributed by atoms with Crippen molar-refractivity contribution in [2.45, 2.75) is 39.7 Å². The molecule has 2 rings (SSSR count). The van der Waals surface area contributed by atoms with E-state index in [4.69, 9.17) is 10.5 Å². The predicted molar refractivity (Wildman–Crippen MR) is 85.8 cm³/mol. The summed E-state index contributed by atoms with van der Waals surface area (Å²) in [7, 11) is 0. The second-order valence-corrected chi connectivity index (χ2v) is 6.41. The third-order valence-electron chi connectivity index (χ3n) is 3.49. The maximum absolute atomic E-state index is 12.1. The van der Waals surface area contributed by atoms with Gasteiger partial charge in [0.05, 0.1) is 11.4 Å². The van der Waals surface area contributed by atoms with Gasteiger partial charge < -0.3 is 20.3 Å². The van der Waals surface area contributed by atoms with Gasteiger partial charge in [0.2, 0.25) is 0 Å². The van der Waals surface area contributed by atoms with Gasteiger partial charge in [-0.05, 0) is 33.3 Å². The molecule has 0 saturated carbocycles. The highest BCUT2D eigenvalue weighted by atomic mass is 16.6. The Morgan fingerprint density at radius 1 is 1.27 bits per heavy atom. The summed E-state index contributed by atoms with van der Waals surface area (Å²) >= 11 is 0. The maximum atomic E-state index is 12.1. The number of nitrogens with two attached hydrogens (primary N) is 1. The van der Waals surface area contributed by atoms with Gasteiger partial charge in [-0.3, -0.25) is 0 Å². The van der Waals surface area contributed by atoms with Crippen LogP contribution < -0.4 is 10.6 Å². The zero-order chi connectivity index (χ0) is 16.3. The lowest BCUT2D eigenvalue weighted by Gasteiger charge is -2.36. The fourth-order valence-electron chi connectivity index (χ4n) is 2.31. The Bertz CT molecular complexity index is 533. The molecule has 0 aromatic carbocycles. The lowest BCUT2D eigenvalue weighted by atomic mass is 10.2. The number of carbonyl (C=O) groups excluding carboxylic acids is 1. The number of anilines is 2. The highest BCUT2D eigenvalue weighted by Gasteiger charge is 2.26. The van der Waals surface area contributed by atoms with Crippen molar-refractivity contribution in [3.05, 3.63) is 11.8 Å². The largest absolute Gasteiger partial charge is 0.444 e. The first-order valence-electron chi connectivity index (χ1n) is 7.65. The zero-order valence-corrected chi connectivity index (χ0v) is 13.8. The number of aryl methyl sites for hydroxylation is 1. The summed E-state index contributed by atoms with van der Waals surface area (Å²) in [6.07, 6.45) is 0.556. The standard InChI is InChI=1S/C15H25N5O2/c1-5-11-10-12(13(16)18-17-11)19-6-8-20(9-7-19)14(21)22-15(2,3)4/h10H,5-9H2,1-4H3,(H2,16,18). The number of hydrogen-bond acceptors (Lipinski definition) is 6. The predicted octanol–water partition coefficient (Wildman–Crippen LogP) is 1.68. The molecule has 1 saturated heterocycles. The van der Waals surface area contributed by atoms with Gasteiger partial charge in [0.1, 0.15) is 5.60 Å². The molecule has 1 amide bonds. The Hall–Kier alpha value is -2.05. The molecule has 22 heavy (non-hydrogen) atoms. The van der Waals surface area contributed by atoms with Crippen molar-refractivity contribution in [1.82, 2.24) is 15.1 Å². The number of nitrogen functional groups attached to an aromatic ring is 1. The van der Waals surface area contributed by atoms with Crippen molar-refractivity contribution >= 4 is 17.6 Å². The van der Waals surface area contributed by atoms with E-state index in [0.717, 1.165) is 17.8 Å². The summed E-state index contributed by atoms with van der Waals surface area (Å²) in [4.78, 5) is 15.9. The molecule has 7 heteroatoms. The van der Waals surface area contributed by atoms with Crippen molar-refractivity contribution in [1.29, 1.82) is 0 Å². The number of aromatic nitrogens is 2. The monoisotopic (exact) mass is 307 g/mol. The van der Waals surface area contributed by atoms with E-state index in [1.807, 2.05) is 33.8 Å². The van der Waals surface area contributed by atoms with Gasteiger partial charge in [-0.2, -0.15) is 5.10 Å². The van der Waals surface area contributed by atoms with Gasteiger partial charge in [0.15, 0.2) is 5.82 Å². The smallest absolute Gasteiger partial charge is 0.410 e. The summed E-state index contributed by atoms with van der Waals surface area (Å²) in [5, 5.41) is 8.06. The summed E-state index contributed by atoms with van der Waals surface area (Å²) in [6, 6.07) is 1.98. The highest BCUT2D eigenvalue weighted by Crippen LogP contribution is 2.23. The molecule has 0 spiro atoms. The number of carbonyl (C=O) groups is 1. The number of piperazine rings is 1. The fourth-order valence-corrected chi connectivity index (χ4v) is 2.31. The van der Waals surface area contributed by atoms with Crippen LogP contribution in [0.15, 0.2) is 6.07 Å². The van der Waals surface area contributed by atoms with E-state index in [1.54, 1.807) is 4.90 Å². The van der Waals surface area contributed by atoms with Crippen LogP contribution in [0.1, 0.15) is 33.4 Å². The van der Waals surface area contributed by atoms with Crippen molar-refractivity contribution in [3.63, 3.8) is 0 Å². The van der Waals surface area contributed by atoms with Crippen LogP contribution in [0.3, 0.4) is 0 Å². The van der Waals surface area contributed by atoms with Crippen LogP contribution in [0.5, 0.6) is 0 Å². The Morgan fingerprint density at radius 2 is 1.91 bits per heavy atom. The molecular weight excluding hydrogens is 282 g/mol. The summed E-state index contributed by atoms with van der Waals surface area (Å²) in [5.41, 5.74) is 7.28. The first kappa shape index (κ1) is 16.3. The molecule has 122 valence electrons. The molecular formula is C15H25N5O2. The van der Waals surface area contributed by atoms with E-state index in [9.17, 15) is 4.79 Å². The second kappa shape index (κ2) is 6.37. The van der Waals surface area contributed by atoms with Crippen LogP contribution in [-0.4, -0.2) is 53.0 Å². The van der Waals surface area contributed by atoms with Crippen LogP contribution >= 0.6 is 0 Å². The quantitative estimate of drug-likeness (QED) is 0.895. The van der Waals surface area contributed by atoms with Gasteiger partial charge in [-0.1, -0.05) is 6.92 Å². The summed E-state index contributed by atoms with van der Waals surface area (Å²) in [5.74, 6) is 0.433. The summed E-state index contributed by atoms with van der Waals surface area (Å²) < 4.78 is 5.40. The second-order valence-electron chi connectivity index (χ2n) is 6.41. The SMILES string of the molecule is CCc1cc(N2CCN(C(=O)OC(C)(C)C)CC2)c(N)nn1. The van der Waals surface area contributed by atoms with Crippen LogP contribution in [0, 0.1) is 0 Å². The van der Waals surface area contributed by atoms with E-state index in [2.05, 4.69) is 15.1 Å². The molecule has 1 aliphatic rings.